The summed E-state index contributed by atoms with van der Waals surface area (Å²) in [6, 6.07) is -0.712. The number of amides is 1. The summed E-state index contributed by atoms with van der Waals surface area (Å²) in [5.41, 5.74) is 0. The molecule has 0 aliphatic rings. The van der Waals surface area contributed by atoms with Crippen LogP contribution in [-0.2, 0) is 14.3 Å². The number of carbonyl (C=O) groups excluding carboxylic acids is 2. The topological polar surface area (TPSA) is 95.9 Å². The first kappa shape index (κ1) is 64.8. The van der Waals surface area contributed by atoms with E-state index in [9.17, 15) is 19.8 Å². The lowest BCUT2D eigenvalue weighted by molar-refractivity contribution is -0.151. The third-order valence-electron chi connectivity index (χ3n) is 13.4. The Balaban J connectivity index is 4.62. The highest BCUT2D eigenvalue weighted by Crippen LogP contribution is 2.19. The molecule has 3 N–H and O–H groups in total. The summed E-state index contributed by atoms with van der Waals surface area (Å²) in [7, 11) is 0. The number of aliphatic hydroxyl groups excluding tert-OH is 2. The molecule has 3 unspecified atom stereocenters. The smallest absolute Gasteiger partial charge is 0.306 e. The van der Waals surface area contributed by atoms with E-state index < -0.39 is 18.2 Å². The van der Waals surface area contributed by atoms with Gasteiger partial charge in [0.2, 0.25) is 5.91 Å². The molecule has 1 amide bonds. The molecule has 0 saturated heterocycles. The molecule has 392 valence electrons. The second-order valence-electron chi connectivity index (χ2n) is 20.1. The molecule has 3 atom stereocenters. The monoisotopic (exact) mass is 940 g/mol. The largest absolute Gasteiger partial charge is 0.462 e. The van der Waals surface area contributed by atoms with Crippen LogP contribution in [0, 0.1) is 0 Å². The summed E-state index contributed by atoms with van der Waals surface area (Å²) in [6.07, 6.45) is 67.5. The Bertz CT molecular complexity index is 1150. The van der Waals surface area contributed by atoms with Crippen LogP contribution in [0.5, 0.6) is 0 Å². The highest BCUT2D eigenvalue weighted by molar-refractivity contribution is 5.77. The van der Waals surface area contributed by atoms with Crippen molar-refractivity contribution in [2.24, 2.45) is 0 Å². The van der Waals surface area contributed by atoms with E-state index in [4.69, 9.17) is 4.74 Å². The van der Waals surface area contributed by atoms with Crippen molar-refractivity contribution in [2.45, 2.75) is 322 Å². The maximum absolute atomic E-state index is 13.3. The molecule has 6 heteroatoms. The minimum Gasteiger partial charge on any atom is -0.462 e. The normalized spacial score (nSPS) is 13.4. The van der Waals surface area contributed by atoms with Crippen LogP contribution in [0.3, 0.4) is 0 Å². The van der Waals surface area contributed by atoms with Crippen LogP contribution in [0.15, 0.2) is 48.6 Å². The molecule has 0 saturated carbocycles. The van der Waals surface area contributed by atoms with Crippen molar-refractivity contribution < 1.29 is 24.5 Å². The van der Waals surface area contributed by atoms with E-state index in [1.54, 1.807) is 0 Å². The molecule has 0 radical (unpaired) electrons. The molecular weight excluding hydrogens is 827 g/mol. The minimum absolute atomic E-state index is 0.0594. The quantitative estimate of drug-likeness (QED) is 0.0321. The van der Waals surface area contributed by atoms with Crippen molar-refractivity contribution in [3.05, 3.63) is 48.6 Å². The zero-order chi connectivity index (χ0) is 48.8. The molecule has 0 spiro atoms. The van der Waals surface area contributed by atoms with Gasteiger partial charge in [0, 0.05) is 6.42 Å². The third-order valence-corrected chi connectivity index (χ3v) is 13.4. The Hall–Kier alpha value is -2.18. The fourth-order valence-electron chi connectivity index (χ4n) is 8.95. The Morgan fingerprint density at radius 1 is 0.433 bits per heavy atom. The first-order valence-electron chi connectivity index (χ1n) is 29.4. The Morgan fingerprint density at radius 2 is 0.761 bits per heavy atom. The van der Waals surface area contributed by atoms with Crippen molar-refractivity contribution in [2.75, 3.05) is 6.61 Å². The molecule has 6 nitrogen and oxygen atoms in total. The minimum atomic E-state index is -0.796. The maximum atomic E-state index is 13.3. The summed E-state index contributed by atoms with van der Waals surface area (Å²) < 4.78 is 5.94. The summed E-state index contributed by atoms with van der Waals surface area (Å²) in [6.45, 7) is 6.48. The van der Waals surface area contributed by atoms with Crippen LogP contribution in [0.2, 0.25) is 0 Å². The number of nitrogens with one attached hydrogen (secondary N) is 1. The molecule has 0 aliphatic carbocycles. The van der Waals surface area contributed by atoms with Crippen LogP contribution < -0.4 is 5.32 Å². The molecular formula is C61H113NO5. The van der Waals surface area contributed by atoms with Crippen LogP contribution >= 0.6 is 0 Å². The van der Waals surface area contributed by atoms with E-state index in [2.05, 4.69) is 74.7 Å². The molecule has 0 aromatic heterocycles. The summed E-state index contributed by atoms with van der Waals surface area (Å²) >= 11 is 0. The second-order valence-corrected chi connectivity index (χ2v) is 20.1. The van der Waals surface area contributed by atoms with Gasteiger partial charge in [-0.15, -0.1) is 0 Å². The van der Waals surface area contributed by atoms with Crippen LogP contribution in [0.1, 0.15) is 303 Å². The highest BCUT2D eigenvalue weighted by atomic mass is 16.5. The van der Waals surface area contributed by atoms with E-state index in [1.165, 1.54) is 186 Å². The number of aliphatic hydroxyl groups is 2. The first-order valence-corrected chi connectivity index (χ1v) is 29.4. The van der Waals surface area contributed by atoms with Crippen molar-refractivity contribution in [3.8, 4) is 0 Å². The molecule has 0 fully saturated rings. The van der Waals surface area contributed by atoms with Crippen LogP contribution in [-0.4, -0.2) is 46.9 Å². The van der Waals surface area contributed by atoms with Crippen LogP contribution in [0.25, 0.3) is 0 Å². The Kier molecular flexibility index (Phi) is 53.0. The number of hydrogen-bond donors (Lipinski definition) is 3. The molecule has 0 aromatic carbocycles. The molecule has 0 bridgehead atoms. The number of rotatable bonds is 53. The average Bonchev–Trinajstić information content (AvgIpc) is 3.32. The van der Waals surface area contributed by atoms with E-state index >= 15 is 0 Å². The van der Waals surface area contributed by atoms with Gasteiger partial charge in [-0.1, -0.05) is 275 Å². The zero-order valence-electron chi connectivity index (χ0n) is 44.8. The first-order chi connectivity index (χ1) is 33.0. The fourth-order valence-corrected chi connectivity index (χ4v) is 8.95. The van der Waals surface area contributed by atoms with Crippen molar-refractivity contribution in [1.82, 2.24) is 5.32 Å². The fraction of sp³-hybridized carbons (Fsp3) is 0.836. The molecule has 0 rings (SSSR count). The average molecular weight is 941 g/mol. The lowest BCUT2D eigenvalue weighted by Crippen LogP contribution is -2.46. The molecule has 67 heavy (non-hydrogen) atoms. The SMILES string of the molecule is CCCCC/C=C\C/C=C\C/C=C\C/C=C\CCCC(=O)OC(CCCCCCCCCCCCCCCCCC)CC(=O)NC(CO)C(O)CCCCCCCCCCCCCCCCC. The van der Waals surface area contributed by atoms with Gasteiger partial charge in [-0.2, -0.15) is 0 Å². The number of hydrogen-bond acceptors (Lipinski definition) is 5. The lowest BCUT2D eigenvalue weighted by Gasteiger charge is -2.24. The summed E-state index contributed by atoms with van der Waals surface area (Å²) in [4.78, 5) is 26.3. The number of allylic oxidation sites excluding steroid dienone is 8. The summed E-state index contributed by atoms with van der Waals surface area (Å²) in [5, 5.41) is 23.9. The van der Waals surface area contributed by atoms with Gasteiger partial charge >= 0.3 is 5.97 Å². The number of esters is 1. The Labute approximate surface area is 416 Å². The van der Waals surface area contributed by atoms with Crippen molar-refractivity contribution in [3.63, 3.8) is 0 Å². The standard InChI is InChI=1S/C61H113NO5/c1-4-7-10-13-16-19-22-25-28-30-33-36-39-42-45-48-51-54-61(66)67-57(52-49-46-43-40-37-34-32-29-26-23-20-17-14-11-8-5-2)55-60(65)62-58(56-63)59(64)53-50-47-44-41-38-35-31-27-24-21-18-15-12-9-6-3/h16,19,25,28,33,36,42,45,57-59,63-64H,4-15,17-18,20-24,26-27,29-32,34-35,37-41,43-44,46-56H2,1-3H3,(H,62,65)/b19-16-,28-25-,36-33-,45-42-. The van der Waals surface area contributed by atoms with E-state index in [0.29, 0.717) is 25.7 Å². The highest BCUT2D eigenvalue weighted by Gasteiger charge is 2.24. The molecule has 0 heterocycles. The van der Waals surface area contributed by atoms with Gasteiger partial charge in [-0.05, 0) is 64.2 Å². The zero-order valence-corrected chi connectivity index (χ0v) is 44.8. The van der Waals surface area contributed by atoms with Gasteiger partial charge in [-0.3, -0.25) is 9.59 Å². The van der Waals surface area contributed by atoms with Gasteiger partial charge < -0.3 is 20.3 Å². The van der Waals surface area contributed by atoms with E-state index in [-0.39, 0.29) is 24.9 Å². The number of unbranched alkanes of at least 4 members (excludes halogenated alkanes) is 33. The van der Waals surface area contributed by atoms with Gasteiger partial charge in [0.05, 0.1) is 25.2 Å². The van der Waals surface area contributed by atoms with Crippen molar-refractivity contribution in [1.29, 1.82) is 0 Å². The van der Waals surface area contributed by atoms with Crippen LogP contribution in [0.4, 0.5) is 0 Å². The second kappa shape index (κ2) is 54.8. The van der Waals surface area contributed by atoms with Gasteiger partial charge in [0.1, 0.15) is 6.10 Å². The lowest BCUT2D eigenvalue weighted by atomic mass is 10.0. The maximum Gasteiger partial charge on any atom is 0.306 e. The van der Waals surface area contributed by atoms with Gasteiger partial charge in [0.15, 0.2) is 0 Å². The predicted molar refractivity (Wildman–Crippen MR) is 292 cm³/mol. The van der Waals surface area contributed by atoms with Gasteiger partial charge in [-0.25, -0.2) is 0 Å². The van der Waals surface area contributed by atoms with Crippen molar-refractivity contribution >= 4 is 11.9 Å². The third kappa shape index (κ3) is 50.0. The number of ether oxygens (including phenoxy) is 1. The number of carbonyl (C=O) groups is 2. The van der Waals surface area contributed by atoms with E-state index in [0.717, 1.165) is 64.2 Å². The molecule has 0 aromatic rings. The predicted octanol–water partition coefficient (Wildman–Crippen LogP) is 18.2. The van der Waals surface area contributed by atoms with Gasteiger partial charge in [0.25, 0.3) is 0 Å². The van der Waals surface area contributed by atoms with E-state index in [1.807, 2.05) is 0 Å². The summed E-state index contributed by atoms with van der Waals surface area (Å²) in [5.74, 6) is -0.526. The Morgan fingerprint density at radius 3 is 1.15 bits per heavy atom. The molecule has 0 aliphatic heterocycles.